The van der Waals surface area contributed by atoms with Gasteiger partial charge in [-0.1, -0.05) is 18.9 Å². The largest absolute Gasteiger partial charge is 0.497 e. The third-order valence-electron chi connectivity index (χ3n) is 4.16. The van der Waals surface area contributed by atoms with Crippen molar-refractivity contribution in [2.24, 2.45) is 0 Å². The number of hydrogen-bond donors (Lipinski definition) is 3. The Morgan fingerprint density at radius 2 is 2.08 bits per heavy atom. The monoisotopic (exact) mass is 374 g/mol. The second-order valence-corrected chi connectivity index (χ2v) is 7.04. The van der Waals surface area contributed by atoms with Gasteiger partial charge in [-0.3, -0.25) is 10.1 Å². The third kappa shape index (κ3) is 5.19. The molecule has 7 nitrogen and oxygen atoms in total. The normalized spacial score (nSPS) is 14.0. The first-order chi connectivity index (χ1) is 12.6. The molecule has 1 fully saturated rings. The van der Waals surface area contributed by atoms with Crippen LogP contribution < -0.4 is 20.7 Å². The number of carbonyl (C=O) groups excluding carboxylic acids is 2. The number of carbonyl (C=O) groups is 2. The minimum absolute atomic E-state index is 0.139. The van der Waals surface area contributed by atoms with Crippen molar-refractivity contribution in [3.8, 4) is 5.75 Å². The fourth-order valence-corrected chi connectivity index (χ4v) is 3.61. The van der Waals surface area contributed by atoms with E-state index >= 15 is 0 Å². The Labute approximate surface area is 156 Å². The molecular formula is C18H22N4O3S. The zero-order valence-corrected chi connectivity index (χ0v) is 15.4. The lowest BCUT2D eigenvalue weighted by molar-refractivity contribution is -0.115. The number of benzene rings is 1. The number of ether oxygens (including phenoxy) is 1. The maximum atomic E-state index is 12.2. The lowest BCUT2D eigenvalue weighted by atomic mass is 10.2. The Balaban J connectivity index is 1.49. The van der Waals surface area contributed by atoms with E-state index in [1.165, 1.54) is 11.3 Å². The van der Waals surface area contributed by atoms with Gasteiger partial charge in [0.2, 0.25) is 5.91 Å². The molecule has 26 heavy (non-hydrogen) atoms. The van der Waals surface area contributed by atoms with Crippen LogP contribution in [-0.2, 0) is 11.2 Å². The van der Waals surface area contributed by atoms with E-state index in [9.17, 15) is 9.59 Å². The molecule has 1 aliphatic carbocycles. The first kappa shape index (κ1) is 18.2. The van der Waals surface area contributed by atoms with Gasteiger partial charge in [0, 0.05) is 23.2 Å². The van der Waals surface area contributed by atoms with Crippen molar-refractivity contribution in [3.05, 3.63) is 35.3 Å². The van der Waals surface area contributed by atoms with Crippen molar-refractivity contribution in [2.45, 2.75) is 38.1 Å². The summed E-state index contributed by atoms with van der Waals surface area (Å²) in [6.45, 7) is 0. The fourth-order valence-electron chi connectivity index (χ4n) is 2.90. The van der Waals surface area contributed by atoms with Gasteiger partial charge in [0.1, 0.15) is 5.75 Å². The Bertz CT molecular complexity index is 771. The molecule has 8 heteroatoms. The predicted octanol–water partition coefficient (Wildman–Crippen LogP) is 3.40. The molecule has 0 saturated heterocycles. The molecular weight excluding hydrogens is 352 g/mol. The standard InChI is InChI=1S/C18H22N4O3S/c1-25-15-8-4-7-13(9-15)19-16(23)10-14-11-26-18(21-14)22-17(24)20-12-5-2-3-6-12/h4,7-9,11-12H,2-3,5-6,10H2,1H3,(H,19,23)(H2,20,21,22,24). The number of anilines is 2. The average molecular weight is 374 g/mol. The van der Waals surface area contributed by atoms with Crippen LogP contribution >= 0.6 is 11.3 Å². The first-order valence-corrected chi connectivity index (χ1v) is 9.46. The van der Waals surface area contributed by atoms with Gasteiger partial charge in [-0.15, -0.1) is 11.3 Å². The van der Waals surface area contributed by atoms with Crippen LogP contribution in [0.1, 0.15) is 31.4 Å². The molecule has 1 aromatic carbocycles. The molecule has 3 rings (SSSR count). The van der Waals surface area contributed by atoms with Gasteiger partial charge in [0.25, 0.3) is 0 Å². The maximum absolute atomic E-state index is 12.2. The van der Waals surface area contributed by atoms with Crippen LogP contribution in [0, 0.1) is 0 Å². The molecule has 2 aromatic rings. The number of urea groups is 1. The van der Waals surface area contributed by atoms with Crippen LogP contribution in [0.25, 0.3) is 0 Å². The molecule has 0 radical (unpaired) electrons. The van der Waals surface area contributed by atoms with Gasteiger partial charge in [0.15, 0.2) is 5.13 Å². The van der Waals surface area contributed by atoms with Gasteiger partial charge in [-0.05, 0) is 25.0 Å². The highest BCUT2D eigenvalue weighted by Crippen LogP contribution is 2.20. The van der Waals surface area contributed by atoms with Crippen molar-refractivity contribution >= 4 is 34.1 Å². The zero-order chi connectivity index (χ0) is 18.4. The smallest absolute Gasteiger partial charge is 0.321 e. The van der Waals surface area contributed by atoms with Gasteiger partial charge >= 0.3 is 6.03 Å². The average Bonchev–Trinajstić information content (AvgIpc) is 3.27. The number of thiazole rings is 1. The topological polar surface area (TPSA) is 92.4 Å². The Kier molecular flexibility index (Phi) is 6.06. The molecule has 0 unspecified atom stereocenters. The molecule has 3 N–H and O–H groups in total. The van der Waals surface area contributed by atoms with Crippen LogP contribution in [0.15, 0.2) is 29.6 Å². The highest BCUT2D eigenvalue weighted by molar-refractivity contribution is 7.13. The highest BCUT2D eigenvalue weighted by atomic mass is 32.1. The summed E-state index contributed by atoms with van der Waals surface area (Å²) in [4.78, 5) is 28.4. The number of amides is 3. The number of aromatic nitrogens is 1. The highest BCUT2D eigenvalue weighted by Gasteiger charge is 2.17. The van der Waals surface area contributed by atoms with Gasteiger partial charge in [0.05, 0.1) is 19.2 Å². The quantitative estimate of drug-likeness (QED) is 0.722. The number of methoxy groups -OCH3 is 1. The number of nitrogens with one attached hydrogen (secondary N) is 3. The van der Waals surface area contributed by atoms with Crippen molar-refractivity contribution < 1.29 is 14.3 Å². The van der Waals surface area contributed by atoms with Crippen molar-refractivity contribution in [2.75, 3.05) is 17.7 Å². The predicted molar refractivity (Wildman–Crippen MR) is 102 cm³/mol. The minimum Gasteiger partial charge on any atom is -0.497 e. The van der Waals surface area contributed by atoms with Crippen molar-refractivity contribution in [3.63, 3.8) is 0 Å². The summed E-state index contributed by atoms with van der Waals surface area (Å²) in [5.41, 5.74) is 1.28. The Hall–Kier alpha value is -2.61. The Morgan fingerprint density at radius 3 is 2.85 bits per heavy atom. The van der Waals surface area contributed by atoms with E-state index in [-0.39, 0.29) is 24.4 Å². The van der Waals surface area contributed by atoms with Crippen LogP contribution in [0.2, 0.25) is 0 Å². The summed E-state index contributed by atoms with van der Waals surface area (Å²) in [5, 5.41) is 10.8. The van der Waals surface area contributed by atoms with E-state index in [0.717, 1.165) is 25.7 Å². The van der Waals surface area contributed by atoms with E-state index < -0.39 is 0 Å². The van der Waals surface area contributed by atoms with E-state index in [4.69, 9.17) is 4.74 Å². The van der Waals surface area contributed by atoms with Crippen molar-refractivity contribution in [1.29, 1.82) is 0 Å². The molecule has 1 aliphatic rings. The molecule has 1 aromatic heterocycles. The summed E-state index contributed by atoms with van der Waals surface area (Å²) in [6.07, 6.45) is 4.52. The maximum Gasteiger partial charge on any atom is 0.321 e. The molecule has 0 aliphatic heterocycles. The zero-order valence-electron chi connectivity index (χ0n) is 14.6. The SMILES string of the molecule is COc1cccc(NC(=O)Cc2csc(NC(=O)NC3CCCC3)n2)c1. The lowest BCUT2D eigenvalue weighted by Gasteiger charge is -2.11. The number of nitrogens with zero attached hydrogens (tertiary/aromatic N) is 1. The molecule has 1 heterocycles. The molecule has 138 valence electrons. The Morgan fingerprint density at radius 1 is 1.27 bits per heavy atom. The van der Waals surface area contributed by atoms with Crippen LogP contribution in [0.4, 0.5) is 15.6 Å². The summed E-state index contributed by atoms with van der Waals surface area (Å²) in [6, 6.07) is 7.18. The third-order valence-corrected chi connectivity index (χ3v) is 4.96. The molecule has 0 atom stereocenters. The van der Waals surface area contributed by atoms with Crippen molar-refractivity contribution in [1.82, 2.24) is 10.3 Å². The molecule has 3 amide bonds. The fraction of sp³-hybridized carbons (Fsp3) is 0.389. The number of rotatable bonds is 6. The summed E-state index contributed by atoms with van der Waals surface area (Å²) >= 11 is 1.31. The second kappa shape index (κ2) is 8.66. The van der Waals surface area contributed by atoms with Gasteiger partial charge < -0.3 is 15.4 Å². The second-order valence-electron chi connectivity index (χ2n) is 6.18. The van der Waals surface area contributed by atoms with E-state index in [1.54, 1.807) is 24.6 Å². The first-order valence-electron chi connectivity index (χ1n) is 8.58. The summed E-state index contributed by atoms with van der Waals surface area (Å²) in [5.74, 6) is 0.502. The van der Waals surface area contributed by atoms with Gasteiger partial charge in [-0.25, -0.2) is 9.78 Å². The summed E-state index contributed by atoms with van der Waals surface area (Å²) < 4.78 is 5.13. The lowest BCUT2D eigenvalue weighted by Crippen LogP contribution is -2.36. The van der Waals surface area contributed by atoms with Crippen LogP contribution in [-0.4, -0.2) is 30.1 Å². The number of hydrogen-bond acceptors (Lipinski definition) is 5. The van der Waals surface area contributed by atoms with Crippen LogP contribution in [0.5, 0.6) is 5.75 Å². The van der Waals surface area contributed by atoms with E-state index in [2.05, 4.69) is 20.9 Å². The minimum atomic E-state index is -0.237. The molecule has 0 spiro atoms. The van der Waals surface area contributed by atoms with Crippen LogP contribution in [0.3, 0.4) is 0 Å². The van der Waals surface area contributed by atoms with E-state index in [1.807, 2.05) is 12.1 Å². The van der Waals surface area contributed by atoms with E-state index in [0.29, 0.717) is 22.3 Å². The summed E-state index contributed by atoms with van der Waals surface area (Å²) in [7, 11) is 1.58. The van der Waals surface area contributed by atoms with Gasteiger partial charge in [-0.2, -0.15) is 0 Å². The molecule has 0 bridgehead atoms. The molecule has 1 saturated carbocycles.